The number of hydrogen-bond acceptors (Lipinski definition) is 5. The van der Waals surface area contributed by atoms with E-state index in [0.717, 1.165) is 16.7 Å². The summed E-state index contributed by atoms with van der Waals surface area (Å²) < 4.78 is 8.15. The lowest BCUT2D eigenvalue weighted by atomic mass is 10.1. The Hall–Kier alpha value is -3.32. The maximum absolute atomic E-state index is 13.1. The second-order valence-electron chi connectivity index (χ2n) is 8.08. The molecule has 154 valence electrons. The topological polar surface area (TPSA) is 70.8 Å². The van der Waals surface area contributed by atoms with Crippen molar-refractivity contribution < 1.29 is 14.6 Å². The fourth-order valence-electron chi connectivity index (χ4n) is 4.39. The van der Waals surface area contributed by atoms with E-state index in [-0.39, 0.29) is 18.1 Å². The van der Waals surface area contributed by atoms with Crippen molar-refractivity contribution >= 4 is 5.91 Å². The summed E-state index contributed by atoms with van der Waals surface area (Å²) in [6.45, 7) is 2.01. The van der Waals surface area contributed by atoms with Gasteiger partial charge in [-0.3, -0.25) is 14.4 Å². The summed E-state index contributed by atoms with van der Waals surface area (Å²) in [4.78, 5) is 17.1. The van der Waals surface area contributed by atoms with Crippen LogP contribution in [0.25, 0.3) is 11.1 Å². The van der Waals surface area contributed by atoms with Crippen LogP contribution in [-0.4, -0.2) is 62.9 Å². The Labute approximate surface area is 175 Å². The standard InChI is InChI=1S/C23H24N4O3/c1-25-11-17(10-24-25)15-7-8-18-21(9-15)30-22-14-27(13-19(22)26(2)23(18)29)12-16-5-3-4-6-20(16)28/h3-11,19,22,28H,12-14H2,1-2H3. The molecule has 1 aromatic heterocycles. The number of likely N-dealkylation sites (tertiary alicyclic amines) is 1. The molecule has 0 radical (unpaired) electrons. The second-order valence-corrected chi connectivity index (χ2v) is 8.08. The summed E-state index contributed by atoms with van der Waals surface area (Å²) >= 11 is 0. The largest absolute Gasteiger partial charge is 0.508 e. The van der Waals surface area contributed by atoms with Gasteiger partial charge in [-0.05, 0) is 23.8 Å². The van der Waals surface area contributed by atoms with Gasteiger partial charge in [0.05, 0.1) is 17.8 Å². The minimum absolute atomic E-state index is 0.0281. The molecule has 0 bridgehead atoms. The Kier molecular flexibility index (Phi) is 4.47. The molecule has 1 saturated heterocycles. The van der Waals surface area contributed by atoms with Crippen molar-refractivity contribution in [3.8, 4) is 22.6 Å². The fourth-order valence-corrected chi connectivity index (χ4v) is 4.39. The predicted molar refractivity (Wildman–Crippen MR) is 112 cm³/mol. The first-order valence-electron chi connectivity index (χ1n) is 10.1. The van der Waals surface area contributed by atoms with Crippen molar-refractivity contribution in [1.29, 1.82) is 0 Å². The number of fused-ring (bicyclic) bond motifs is 2. The van der Waals surface area contributed by atoms with Crippen LogP contribution in [-0.2, 0) is 13.6 Å². The third-order valence-electron chi connectivity index (χ3n) is 6.04. The van der Waals surface area contributed by atoms with Crippen LogP contribution in [0.4, 0.5) is 0 Å². The van der Waals surface area contributed by atoms with Crippen LogP contribution in [0.2, 0.25) is 0 Å². The minimum atomic E-state index is -0.129. The van der Waals surface area contributed by atoms with Crippen LogP contribution in [0.15, 0.2) is 54.9 Å². The number of hydrogen-bond donors (Lipinski definition) is 1. The molecule has 2 aliphatic rings. The molecule has 0 aliphatic carbocycles. The molecule has 2 unspecified atom stereocenters. The van der Waals surface area contributed by atoms with Gasteiger partial charge in [0.2, 0.25) is 0 Å². The Morgan fingerprint density at radius 1 is 1.13 bits per heavy atom. The number of amides is 1. The van der Waals surface area contributed by atoms with Crippen molar-refractivity contribution in [3.63, 3.8) is 0 Å². The molecule has 7 heteroatoms. The van der Waals surface area contributed by atoms with E-state index in [9.17, 15) is 9.90 Å². The first kappa shape index (κ1) is 18.7. The zero-order chi connectivity index (χ0) is 20.8. The molecule has 2 aliphatic heterocycles. The molecule has 7 nitrogen and oxygen atoms in total. The number of phenols is 1. The first-order chi connectivity index (χ1) is 14.5. The molecular formula is C23H24N4O3. The average molecular weight is 404 g/mol. The highest BCUT2D eigenvalue weighted by atomic mass is 16.5. The number of aromatic hydroxyl groups is 1. The van der Waals surface area contributed by atoms with Gasteiger partial charge in [0.1, 0.15) is 17.6 Å². The van der Waals surface area contributed by atoms with Gasteiger partial charge in [0.25, 0.3) is 5.91 Å². The molecule has 2 atom stereocenters. The van der Waals surface area contributed by atoms with Crippen LogP contribution >= 0.6 is 0 Å². The van der Waals surface area contributed by atoms with Crippen LogP contribution in [0.3, 0.4) is 0 Å². The van der Waals surface area contributed by atoms with Gasteiger partial charge in [-0.2, -0.15) is 5.10 Å². The van der Waals surface area contributed by atoms with E-state index in [1.54, 1.807) is 21.8 Å². The number of nitrogens with zero attached hydrogens (tertiary/aromatic N) is 4. The van der Waals surface area contributed by atoms with Crippen LogP contribution < -0.4 is 4.74 Å². The molecule has 0 spiro atoms. The average Bonchev–Trinajstić information content (AvgIpc) is 3.32. The molecule has 2 aromatic carbocycles. The van der Waals surface area contributed by atoms with E-state index in [1.165, 1.54) is 0 Å². The lowest BCUT2D eigenvalue weighted by Crippen LogP contribution is -2.44. The number of rotatable bonds is 3. The number of para-hydroxylation sites is 1. The zero-order valence-electron chi connectivity index (χ0n) is 17.0. The summed E-state index contributed by atoms with van der Waals surface area (Å²) in [5.41, 5.74) is 3.42. The Morgan fingerprint density at radius 3 is 2.73 bits per heavy atom. The number of carbonyl (C=O) groups is 1. The highest BCUT2D eigenvalue weighted by molar-refractivity contribution is 5.98. The molecule has 0 saturated carbocycles. The quantitative estimate of drug-likeness (QED) is 0.726. The van der Waals surface area contributed by atoms with Gasteiger partial charge in [0.15, 0.2) is 0 Å². The predicted octanol–water partition coefficient (Wildman–Crippen LogP) is 2.51. The fraction of sp³-hybridized carbons (Fsp3) is 0.304. The molecule has 1 fully saturated rings. The summed E-state index contributed by atoms with van der Waals surface area (Å²) in [5.74, 6) is 0.881. The van der Waals surface area contributed by atoms with Gasteiger partial charge >= 0.3 is 0 Å². The number of aryl methyl sites for hydroxylation is 1. The molecule has 30 heavy (non-hydrogen) atoms. The smallest absolute Gasteiger partial charge is 0.257 e. The Morgan fingerprint density at radius 2 is 1.97 bits per heavy atom. The van der Waals surface area contributed by atoms with Crippen molar-refractivity contribution in [2.45, 2.75) is 18.7 Å². The Bertz CT molecular complexity index is 1110. The highest BCUT2D eigenvalue weighted by Crippen LogP contribution is 2.34. The molecule has 1 N–H and O–H groups in total. The number of phenolic OH excluding ortho intramolecular Hbond substituents is 1. The highest BCUT2D eigenvalue weighted by Gasteiger charge is 2.42. The summed E-state index contributed by atoms with van der Waals surface area (Å²) in [6, 6.07) is 13.0. The van der Waals surface area contributed by atoms with Gasteiger partial charge in [-0.15, -0.1) is 0 Å². The lowest BCUT2D eigenvalue weighted by molar-refractivity contribution is 0.0682. The van der Waals surface area contributed by atoms with Crippen LogP contribution in [0.5, 0.6) is 11.5 Å². The normalized spacial score (nSPS) is 21.1. The van der Waals surface area contributed by atoms with E-state index in [4.69, 9.17) is 4.74 Å². The number of aromatic nitrogens is 2. The van der Waals surface area contributed by atoms with E-state index in [2.05, 4.69) is 10.00 Å². The maximum atomic E-state index is 13.1. The van der Waals surface area contributed by atoms with E-state index >= 15 is 0 Å². The maximum Gasteiger partial charge on any atom is 0.257 e. The number of ether oxygens (including phenoxy) is 1. The monoisotopic (exact) mass is 404 g/mol. The summed E-state index contributed by atoms with van der Waals surface area (Å²) in [7, 11) is 3.72. The lowest BCUT2D eigenvalue weighted by Gasteiger charge is -2.25. The van der Waals surface area contributed by atoms with Crippen LogP contribution in [0, 0.1) is 0 Å². The molecule has 3 aromatic rings. The van der Waals surface area contributed by atoms with Crippen molar-refractivity contribution in [2.75, 3.05) is 20.1 Å². The van der Waals surface area contributed by atoms with Crippen molar-refractivity contribution in [3.05, 3.63) is 66.0 Å². The number of likely N-dealkylation sites (N-methyl/N-ethyl adjacent to an activating group) is 1. The summed E-state index contributed by atoms with van der Waals surface area (Å²) in [5, 5.41) is 14.3. The van der Waals surface area contributed by atoms with E-state index in [1.807, 2.05) is 56.7 Å². The van der Waals surface area contributed by atoms with Crippen LogP contribution in [0.1, 0.15) is 15.9 Å². The van der Waals surface area contributed by atoms with Gasteiger partial charge in [0, 0.05) is 51.1 Å². The van der Waals surface area contributed by atoms with Gasteiger partial charge in [-0.25, -0.2) is 0 Å². The third kappa shape index (κ3) is 3.21. The Balaban J connectivity index is 1.42. The second kappa shape index (κ2) is 7.18. The van der Waals surface area contributed by atoms with Crippen molar-refractivity contribution in [2.24, 2.45) is 7.05 Å². The number of carbonyl (C=O) groups excluding carboxylic acids is 1. The van der Waals surface area contributed by atoms with E-state index in [0.29, 0.717) is 36.7 Å². The minimum Gasteiger partial charge on any atom is -0.508 e. The molecule has 5 rings (SSSR count). The molecule has 1 amide bonds. The molecular weight excluding hydrogens is 380 g/mol. The van der Waals surface area contributed by atoms with Crippen molar-refractivity contribution in [1.82, 2.24) is 19.6 Å². The first-order valence-corrected chi connectivity index (χ1v) is 10.1. The zero-order valence-corrected chi connectivity index (χ0v) is 17.0. The summed E-state index contributed by atoms with van der Waals surface area (Å²) in [6.07, 6.45) is 3.62. The SMILES string of the molecule is CN1C(=O)c2ccc(-c3cnn(C)c3)cc2OC2CN(Cc3ccccc3O)CC21. The third-order valence-corrected chi connectivity index (χ3v) is 6.04. The molecule has 3 heterocycles. The van der Waals surface area contributed by atoms with Gasteiger partial charge < -0.3 is 14.7 Å². The van der Waals surface area contributed by atoms with Gasteiger partial charge in [-0.1, -0.05) is 24.3 Å². The number of benzene rings is 2. The van der Waals surface area contributed by atoms with E-state index < -0.39 is 0 Å².